The molecule has 0 saturated carbocycles. The maximum Gasteiger partial charge on any atom is 0.251 e. The summed E-state index contributed by atoms with van der Waals surface area (Å²) in [6.07, 6.45) is 0.777. The zero-order chi connectivity index (χ0) is 16.2. The molecule has 3 rings (SSSR count). The Hall–Kier alpha value is -2.49. The highest BCUT2D eigenvalue weighted by molar-refractivity contribution is 5.94. The molecule has 0 aliphatic carbocycles. The predicted molar refractivity (Wildman–Crippen MR) is 89.1 cm³/mol. The lowest BCUT2D eigenvalue weighted by atomic mass is 9.98. The molecule has 0 saturated heterocycles. The number of ether oxygens (including phenoxy) is 2. The van der Waals surface area contributed by atoms with Gasteiger partial charge in [-0.25, -0.2) is 0 Å². The van der Waals surface area contributed by atoms with Gasteiger partial charge >= 0.3 is 0 Å². The molecule has 4 nitrogen and oxygen atoms in total. The fourth-order valence-corrected chi connectivity index (χ4v) is 2.77. The second-order valence-corrected chi connectivity index (χ2v) is 5.66. The summed E-state index contributed by atoms with van der Waals surface area (Å²) in [5.74, 6) is 1.56. The van der Waals surface area contributed by atoms with Gasteiger partial charge in [0.15, 0.2) is 0 Å². The fourth-order valence-electron chi connectivity index (χ4n) is 2.77. The molecule has 0 radical (unpaired) electrons. The van der Waals surface area contributed by atoms with Gasteiger partial charge in [0, 0.05) is 17.5 Å². The molecule has 0 fully saturated rings. The van der Waals surface area contributed by atoms with Crippen LogP contribution in [0, 0.1) is 6.92 Å². The van der Waals surface area contributed by atoms with Crippen LogP contribution in [0.3, 0.4) is 0 Å². The average molecular weight is 311 g/mol. The van der Waals surface area contributed by atoms with E-state index in [4.69, 9.17) is 9.47 Å². The minimum atomic E-state index is -0.0765. The van der Waals surface area contributed by atoms with Gasteiger partial charge in [-0.05, 0) is 44.2 Å². The van der Waals surface area contributed by atoms with Gasteiger partial charge in [0.2, 0.25) is 0 Å². The number of carbonyl (C=O) groups excluding carboxylic acids is 1. The second-order valence-electron chi connectivity index (χ2n) is 5.66. The van der Waals surface area contributed by atoms with Gasteiger partial charge < -0.3 is 14.8 Å². The Labute approximate surface area is 136 Å². The third kappa shape index (κ3) is 3.47. The molecule has 120 valence electrons. The van der Waals surface area contributed by atoms with Gasteiger partial charge in [-0.2, -0.15) is 0 Å². The highest BCUT2D eigenvalue weighted by Crippen LogP contribution is 2.32. The number of carbonyl (C=O) groups is 1. The largest absolute Gasteiger partial charge is 0.494 e. The maximum atomic E-state index is 12.5. The number of hydrogen-bond acceptors (Lipinski definition) is 3. The van der Waals surface area contributed by atoms with Crippen LogP contribution >= 0.6 is 0 Å². The van der Waals surface area contributed by atoms with Crippen LogP contribution in [0.4, 0.5) is 0 Å². The molecule has 0 aromatic heterocycles. The summed E-state index contributed by atoms with van der Waals surface area (Å²) in [6.45, 7) is 5.21. The van der Waals surface area contributed by atoms with Crippen molar-refractivity contribution in [3.63, 3.8) is 0 Å². The van der Waals surface area contributed by atoms with E-state index in [1.54, 1.807) is 12.1 Å². The molecule has 1 amide bonds. The summed E-state index contributed by atoms with van der Waals surface area (Å²) < 4.78 is 11.1. The average Bonchev–Trinajstić information content (AvgIpc) is 2.56. The van der Waals surface area contributed by atoms with Gasteiger partial charge in [-0.1, -0.05) is 17.7 Å². The quantitative estimate of drug-likeness (QED) is 0.937. The van der Waals surface area contributed by atoms with Crippen molar-refractivity contribution in [1.29, 1.82) is 0 Å². The lowest BCUT2D eigenvalue weighted by Crippen LogP contribution is -2.32. The molecule has 2 aromatic carbocycles. The van der Waals surface area contributed by atoms with Crippen molar-refractivity contribution in [1.82, 2.24) is 5.32 Å². The SMILES string of the molecule is CCOc1ccc(C(=O)NC2CCOc3ccc(C)cc32)cc1. The smallest absolute Gasteiger partial charge is 0.251 e. The van der Waals surface area contributed by atoms with Crippen molar-refractivity contribution < 1.29 is 14.3 Å². The molecule has 1 atom stereocenters. The van der Waals surface area contributed by atoms with Crippen LogP contribution in [0.5, 0.6) is 11.5 Å². The Morgan fingerprint density at radius 1 is 1.26 bits per heavy atom. The Kier molecular flexibility index (Phi) is 4.51. The topological polar surface area (TPSA) is 47.6 Å². The van der Waals surface area contributed by atoms with Crippen LogP contribution in [0.15, 0.2) is 42.5 Å². The Morgan fingerprint density at radius 3 is 2.78 bits per heavy atom. The molecule has 0 spiro atoms. The van der Waals surface area contributed by atoms with Crippen molar-refractivity contribution in [2.24, 2.45) is 0 Å². The lowest BCUT2D eigenvalue weighted by molar-refractivity contribution is 0.0924. The molecule has 0 bridgehead atoms. The summed E-state index contributed by atoms with van der Waals surface area (Å²) in [4.78, 5) is 12.5. The van der Waals surface area contributed by atoms with Gasteiger partial charge in [-0.15, -0.1) is 0 Å². The summed E-state index contributed by atoms with van der Waals surface area (Å²) in [7, 11) is 0. The van der Waals surface area contributed by atoms with Gasteiger partial charge in [-0.3, -0.25) is 4.79 Å². The predicted octanol–water partition coefficient (Wildman–Crippen LogP) is 3.65. The van der Waals surface area contributed by atoms with E-state index in [0.29, 0.717) is 18.8 Å². The van der Waals surface area contributed by atoms with Crippen LogP contribution in [-0.4, -0.2) is 19.1 Å². The molecule has 1 N–H and O–H groups in total. The fraction of sp³-hybridized carbons (Fsp3) is 0.316. The summed E-state index contributed by atoms with van der Waals surface area (Å²) in [5.41, 5.74) is 2.85. The molecule has 1 aliphatic rings. The van der Waals surface area contributed by atoms with Crippen LogP contribution in [-0.2, 0) is 0 Å². The number of amides is 1. The van der Waals surface area contributed by atoms with Gasteiger partial charge in [0.1, 0.15) is 11.5 Å². The Morgan fingerprint density at radius 2 is 2.04 bits per heavy atom. The maximum absolute atomic E-state index is 12.5. The Balaban J connectivity index is 1.75. The monoisotopic (exact) mass is 311 g/mol. The first-order valence-corrected chi connectivity index (χ1v) is 7.94. The number of fused-ring (bicyclic) bond motifs is 1. The Bertz CT molecular complexity index is 694. The molecular weight excluding hydrogens is 290 g/mol. The zero-order valence-corrected chi connectivity index (χ0v) is 13.5. The highest BCUT2D eigenvalue weighted by Gasteiger charge is 2.23. The molecule has 1 aliphatic heterocycles. The van der Waals surface area contributed by atoms with Crippen molar-refractivity contribution in [2.45, 2.75) is 26.3 Å². The van der Waals surface area contributed by atoms with Crippen LogP contribution in [0.25, 0.3) is 0 Å². The van der Waals surface area contributed by atoms with E-state index in [9.17, 15) is 4.79 Å². The van der Waals surface area contributed by atoms with Crippen LogP contribution in [0.2, 0.25) is 0 Å². The van der Waals surface area contributed by atoms with E-state index in [1.807, 2.05) is 38.1 Å². The molecule has 1 unspecified atom stereocenters. The summed E-state index contributed by atoms with van der Waals surface area (Å²) in [6, 6.07) is 13.3. The van der Waals surface area contributed by atoms with Crippen molar-refractivity contribution in [3.05, 3.63) is 59.2 Å². The number of benzene rings is 2. The molecule has 23 heavy (non-hydrogen) atoms. The van der Waals surface area contributed by atoms with Crippen molar-refractivity contribution >= 4 is 5.91 Å². The van der Waals surface area contributed by atoms with E-state index in [2.05, 4.69) is 11.4 Å². The zero-order valence-electron chi connectivity index (χ0n) is 13.5. The first-order chi connectivity index (χ1) is 11.2. The minimum absolute atomic E-state index is 0.0160. The first-order valence-electron chi connectivity index (χ1n) is 7.94. The first kappa shape index (κ1) is 15.4. The van der Waals surface area contributed by atoms with Crippen molar-refractivity contribution in [3.8, 4) is 11.5 Å². The summed E-state index contributed by atoms with van der Waals surface area (Å²) in [5, 5.41) is 3.11. The third-order valence-electron chi connectivity index (χ3n) is 3.94. The number of aryl methyl sites for hydroxylation is 1. The third-order valence-corrected chi connectivity index (χ3v) is 3.94. The number of rotatable bonds is 4. The normalized spacial score (nSPS) is 16.2. The number of nitrogens with one attached hydrogen (secondary N) is 1. The van der Waals surface area contributed by atoms with Crippen LogP contribution in [0.1, 0.15) is 40.9 Å². The molecule has 2 aromatic rings. The van der Waals surface area contributed by atoms with E-state index < -0.39 is 0 Å². The van der Waals surface area contributed by atoms with E-state index in [0.717, 1.165) is 29.0 Å². The van der Waals surface area contributed by atoms with Gasteiger partial charge in [0.05, 0.1) is 19.3 Å². The minimum Gasteiger partial charge on any atom is -0.494 e. The second kappa shape index (κ2) is 6.73. The lowest BCUT2D eigenvalue weighted by Gasteiger charge is -2.27. The van der Waals surface area contributed by atoms with E-state index in [-0.39, 0.29) is 11.9 Å². The van der Waals surface area contributed by atoms with Gasteiger partial charge in [0.25, 0.3) is 5.91 Å². The molecule has 1 heterocycles. The van der Waals surface area contributed by atoms with E-state index >= 15 is 0 Å². The molecule has 4 heteroatoms. The molecular formula is C19H21NO3. The van der Waals surface area contributed by atoms with Crippen LogP contribution < -0.4 is 14.8 Å². The number of hydrogen-bond donors (Lipinski definition) is 1. The summed E-state index contributed by atoms with van der Waals surface area (Å²) >= 11 is 0. The van der Waals surface area contributed by atoms with E-state index in [1.165, 1.54) is 0 Å². The van der Waals surface area contributed by atoms with Crippen molar-refractivity contribution in [2.75, 3.05) is 13.2 Å². The standard InChI is InChI=1S/C19H21NO3/c1-3-22-15-7-5-14(6-8-15)19(21)20-17-10-11-23-18-9-4-13(2)12-16(17)18/h4-9,12,17H,3,10-11H2,1-2H3,(H,20,21). The highest BCUT2D eigenvalue weighted by atomic mass is 16.5.